The molecule has 0 saturated carbocycles. The van der Waals surface area contributed by atoms with E-state index >= 15 is 0 Å². The van der Waals surface area contributed by atoms with Crippen LogP contribution in [-0.2, 0) is 0 Å². The molecule has 7 heteroatoms. The Morgan fingerprint density at radius 3 is 3.12 bits per heavy atom. The highest BCUT2D eigenvalue weighted by molar-refractivity contribution is 5.89. The third-order valence-corrected chi connectivity index (χ3v) is 1.82. The number of nitrogens with zero attached hydrogens (tertiary/aromatic N) is 4. The van der Waals surface area contributed by atoms with Crippen molar-refractivity contribution >= 4 is 5.91 Å². The Kier molecular flexibility index (Phi) is 3.20. The Morgan fingerprint density at radius 2 is 2.41 bits per heavy atom. The van der Waals surface area contributed by atoms with Crippen LogP contribution in [0.25, 0.3) is 11.5 Å². The summed E-state index contributed by atoms with van der Waals surface area (Å²) in [4.78, 5) is 23.2. The molecule has 7 nitrogen and oxygen atoms in total. The Labute approximate surface area is 96.6 Å². The molecule has 0 radical (unpaired) electrons. The number of hydrogen-bond donors (Lipinski definition) is 1. The molecule has 0 unspecified atom stereocenters. The summed E-state index contributed by atoms with van der Waals surface area (Å²) in [6, 6.07) is 0. The van der Waals surface area contributed by atoms with Gasteiger partial charge in [0.2, 0.25) is 5.82 Å². The molecule has 0 aliphatic rings. The van der Waals surface area contributed by atoms with Gasteiger partial charge in [0.15, 0.2) is 0 Å². The molecular formula is C10H9N5O2. The molecule has 0 spiro atoms. The topological polar surface area (TPSA) is 93.8 Å². The van der Waals surface area contributed by atoms with E-state index in [9.17, 15) is 4.79 Å². The summed E-state index contributed by atoms with van der Waals surface area (Å²) < 4.78 is 4.80. The normalized spacial score (nSPS) is 9.88. The zero-order chi connectivity index (χ0) is 12.1. The van der Waals surface area contributed by atoms with Gasteiger partial charge in [-0.1, -0.05) is 11.2 Å². The number of aromatic nitrogens is 4. The number of carbonyl (C=O) groups excluding carboxylic acids is 1. The van der Waals surface area contributed by atoms with Crippen molar-refractivity contribution in [3.63, 3.8) is 0 Å². The smallest absolute Gasteiger partial charge is 0.316 e. The van der Waals surface area contributed by atoms with Crippen molar-refractivity contribution < 1.29 is 9.32 Å². The Morgan fingerprint density at radius 1 is 1.53 bits per heavy atom. The standard InChI is InChI=1S/C10H9N5O2/c1-2-3-13-9(16)10-14-8(15-17-10)7-6-11-4-5-12-7/h2,4-6H,1,3H2,(H,13,16). The Bertz CT molecular complexity index is 523. The fourth-order valence-corrected chi connectivity index (χ4v) is 1.07. The molecular weight excluding hydrogens is 222 g/mol. The largest absolute Gasteiger partial charge is 0.344 e. The van der Waals surface area contributed by atoms with Crippen LogP contribution in [0.5, 0.6) is 0 Å². The summed E-state index contributed by atoms with van der Waals surface area (Å²) in [5.41, 5.74) is 0.444. The molecule has 0 aliphatic carbocycles. The first-order valence-electron chi connectivity index (χ1n) is 4.80. The summed E-state index contributed by atoms with van der Waals surface area (Å²) in [5.74, 6) is -0.345. The SMILES string of the molecule is C=CCNC(=O)c1nc(-c2cnccn2)no1. The van der Waals surface area contributed by atoms with Crippen molar-refractivity contribution in [1.82, 2.24) is 25.4 Å². The maximum Gasteiger partial charge on any atom is 0.316 e. The first-order valence-corrected chi connectivity index (χ1v) is 4.80. The second kappa shape index (κ2) is 4.97. The summed E-state index contributed by atoms with van der Waals surface area (Å²) in [7, 11) is 0. The molecule has 2 aromatic rings. The van der Waals surface area contributed by atoms with Gasteiger partial charge in [-0.15, -0.1) is 6.58 Å². The van der Waals surface area contributed by atoms with E-state index in [0.29, 0.717) is 12.2 Å². The van der Waals surface area contributed by atoms with Crippen LogP contribution in [0.1, 0.15) is 10.7 Å². The van der Waals surface area contributed by atoms with E-state index < -0.39 is 5.91 Å². The monoisotopic (exact) mass is 231 g/mol. The van der Waals surface area contributed by atoms with Crippen molar-refractivity contribution in [1.29, 1.82) is 0 Å². The minimum atomic E-state index is -0.451. The van der Waals surface area contributed by atoms with Gasteiger partial charge in [-0.3, -0.25) is 9.78 Å². The van der Waals surface area contributed by atoms with E-state index in [1.807, 2.05) is 0 Å². The number of nitrogens with one attached hydrogen (secondary N) is 1. The molecule has 1 N–H and O–H groups in total. The molecule has 2 aromatic heterocycles. The van der Waals surface area contributed by atoms with E-state index in [2.05, 4.69) is 32.0 Å². The van der Waals surface area contributed by atoms with Crippen LogP contribution in [0.15, 0.2) is 35.8 Å². The second-order valence-corrected chi connectivity index (χ2v) is 3.01. The third-order valence-electron chi connectivity index (χ3n) is 1.82. The Hall–Kier alpha value is -2.57. The third kappa shape index (κ3) is 2.51. The molecule has 86 valence electrons. The van der Waals surface area contributed by atoms with Gasteiger partial charge in [0.05, 0.1) is 6.20 Å². The van der Waals surface area contributed by atoms with Crippen molar-refractivity contribution in [3.8, 4) is 11.5 Å². The molecule has 1 amide bonds. The number of hydrogen-bond acceptors (Lipinski definition) is 6. The summed E-state index contributed by atoms with van der Waals surface area (Å²) in [6.07, 6.45) is 6.07. The van der Waals surface area contributed by atoms with Gasteiger partial charge in [-0.25, -0.2) is 4.98 Å². The van der Waals surface area contributed by atoms with Crippen LogP contribution in [0, 0.1) is 0 Å². The van der Waals surface area contributed by atoms with Gasteiger partial charge in [0, 0.05) is 18.9 Å². The summed E-state index contributed by atoms with van der Waals surface area (Å²) in [6.45, 7) is 3.81. The molecule has 17 heavy (non-hydrogen) atoms. The van der Waals surface area contributed by atoms with Crippen molar-refractivity contribution in [3.05, 3.63) is 37.1 Å². The fourth-order valence-electron chi connectivity index (χ4n) is 1.07. The van der Waals surface area contributed by atoms with Gasteiger partial charge >= 0.3 is 11.8 Å². The average Bonchev–Trinajstić information content (AvgIpc) is 2.86. The number of amides is 1. The molecule has 0 aromatic carbocycles. The lowest BCUT2D eigenvalue weighted by molar-refractivity contribution is 0.0914. The minimum Gasteiger partial charge on any atom is -0.344 e. The van der Waals surface area contributed by atoms with Crippen molar-refractivity contribution in [2.45, 2.75) is 0 Å². The maximum atomic E-state index is 11.5. The van der Waals surface area contributed by atoms with E-state index in [1.54, 1.807) is 6.08 Å². The van der Waals surface area contributed by atoms with Crippen LogP contribution >= 0.6 is 0 Å². The highest BCUT2D eigenvalue weighted by Gasteiger charge is 2.15. The van der Waals surface area contributed by atoms with Gasteiger partial charge in [-0.05, 0) is 0 Å². The summed E-state index contributed by atoms with van der Waals surface area (Å²) in [5, 5.41) is 6.16. The first-order chi connectivity index (χ1) is 8.31. The Balaban J connectivity index is 2.16. The molecule has 0 atom stereocenters. The minimum absolute atomic E-state index is 0.118. The number of rotatable bonds is 4. The molecule has 2 rings (SSSR count). The molecule has 0 fully saturated rings. The van der Waals surface area contributed by atoms with Crippen LogP contribution < -0.4 is 5.32 Å². The lowest BCUT2D eigenvalue weighted by atomic mass is 10.4. The van der Waals surface area contributed by atoms with Crippen LogP contribution in [0.2, 0.25) is 0 Å². The van der Waals surface area contributed by atoms with Gasteiger partial charge in [0.1, 0.15) is 5.69 Å². The predicted octanol–water partition coefficient (Wildman–Crippen LogP) is 0.442. The van der Waals surface area contributed by atoms with Gasteiger partial charge < -0.3 is 9.84 Å². The summed E-state index contributed by atoms with van der Waals surface area (Å²) >= 11 is 0. The molecule has 0 saturated heterocycles. The quantitative estimate of drug-likeness (QED) is 0.767. The lowest BCUT2D eigenvalue weighted by Crippen LogP contribution is -2.23. The highest BCUT2D eigenvalue weighted by atomic mass is 16.5. The predicted molar refractivity (Wildman–Crippen MR) is 57.9 cm³/mol. The highest BCUT2D eigenvalue weighted by Crippen LogP contribution is 2.10. The van der Waals surface area contributed by atoms with Gasteiger partial charge in [0.25, 0.3) is 0 Å². The lowest BCUT2D eigenvalue weighted by Gasteiger charge is -1.94. The van der Waals surface area contributed by atoms with Crippen molar-refractivity contribution in [2.24, 2.45) is 0 Å². The van der Waals surface area contributed by atoms with Crippen LogP contribution in [-0.4, -0.2) is 32.6 Å². The van der Waals surface area contributed by atoms with Gasteiger partial charge in [-0.2, -0.15) is 4.98 Å². The van der Waals surface area contributed by atoms with E-state index in [1.165, 1.54) is 18.6 Å². The maximum absolute atomic E-state index is 11.5. The van der Waals surface area contributed by atoms with E-state index in [0.717, 1.165) is 0 Å². The number of carbonyl (C=O) groups is 1. The van der Waals surface area contributed by atoms with Crippen LogP contribution in [0.4, 0.5) is 0 Å². The average molecular weight is 231 g/mol. The zero-order valence-corrected chi connectivity index (χ0v) is 8.83. The molecule has 2 heterocycles. The van der Waals surface area contributed by atoms with E-state index in [4.69, 9.17) is 4.52 Å². The van der Waals surface area contributed by atoms with E-state index in [-0.39, 0.29) is 11.7 Å². The molecule has 0 bridgehead atoms. The first kappa shape index (κ1) is 10.9. The second-order valence-electron chi connectivity index (χ2n) is 3.01. The van der Waals surface area contributed by atoms with Crippen LogP contribution in [0.3, 0.4) is 0 Å². The molecule has 0 aliphatic heterocycles. The zero-order valence-electron chi connectivity index (χ0n) is 8.83. The van der Waals surface area contributed by atoms with Crippen molar-refractivity contribution in [2.75, 3.05) is 6.54 Å². The fraction of sp³-hybridized carbons (Fsp3) is 0.100.